The third-order valence-electron chi connectivity index (χ3n) is 13.1. The molecule has 2 aromatic carbocycles. The number of carbonyl (C=O) groups excluding carboxylic acids is 3. The lowest BCUT2D eigenvalue weighted by atomic mass is 9.45. The number of hydrogen-bond donors (Lipinski definition) is 4. The summed E-state index contributed by atoms with van der Waals surface area (Å²) in [5, 5.41) is 46.5. The summed E-state index contributed by atoms with van der Waals surface area (Å²) in [6.07, 6.45) is 1.48. The van der Waals surface area contributed by atoms with Crippen LogP contribution in [0.5, 0.6) is 0 Å². The van der Waals surface area contributed by atoms with Crippen LogP contribution < -0.4 is 0 Å². The summed E-state index contributed by atoms with van der Waals surface area (Å²) in [4.78, 5) is 40.1. The van der Waals surface area contributed by atoms with Crippen molar-refractivity contribution in [2.75, 3.05) is 0 Å². The van der Waals surface area contributed by atoms with Crippen LogP contribution in [0.4, 0.5) is 0 Å². The number of ether oxygens (including phenoxy) is 2. The Morgan fingerprint density at radius 3 is 2.10 bits per heavy atom. The van der Waals surface area contributed by atoms with Gasteiger partial charge in [0.2, 0.25) is 0 Å². The normalized spacial score (nSPS) is 35.4. The van der Waals surface area contributed by atoms with E-state index >= 15 is 0 Å². The Kier molecular flexibility index (Phi) is 9.47. The zero-order chi connectivity index (χ0) is 36.3. The third-order valence-corrected chi connectivity index (χ3v) is 13.1. The number of allylic oxidation sites excluding steroid dienone is 1. The molecule has 0 spiro atoms. The molecule has 0 radical (unpaired) electrons. The highest BCUT2D eigenvalue weighted by Gasteiger charge is 2.69. The highest BCUT2D eigenvalue weighted by atomic mass is 16.6. The number of esters is 2. The molecule has 3 fully saturated rings. The van der Waals surface area contributed by atoms with E-state index in [1.165, 1.54) is 0 Å². The first-order chi connectivity index (χ1) is 23.4. The van der Waals surface area contributed by atoms with Gasteiger partial charge in [-0.2, -0.15) is 0 Å². The molecule has 2 aromatic rings. The molecular weight excluding hydrogens is 636 g/mol. The number of aliphatic hydroxyl groups excluding tert-OH is 2. The van der Waals surface area contributed by atoms with Crippen molar-refractivity contribution in [3.63, 3.8) is 0 Å². The summed E-state index contributed by atoms with van der Waals surface area (Å²) in [6, 6.07) is 17.3. The molecule has 6 rings (SSSR count). The fraction of sp³-hybridized carbons (Fsp3) is 0.585. The van der Waals surface area contributed by atoms with Crippen LogP contribution in [-0.2, 0) is 14.3 Å². The predicted molar refractivity (Wildman–Crippen MR) is 186 cm³/mol. The fourth-order valence-electron chi connectivity index (χ4n) is 10.2. The second-order valence-electron chi connectivity index (χ2n) is 16.6. The van der Waals surface area contributed by atoms with Gasteiger partial charge in [-0.15, -0.1) is 0 Å². The van der Waals surface area contributed by atoms with Crippen LogP contribution in [-0.4, -0.2) is 73.3 Å². The van der Waals surface area contributed by atoms with Crippen molar-refractivity contribution in [1.82, 2.24) is 0 Å². The molecule has 10 atom stereocenters. The van der Waals surface area contributed by atoms with E-state index < -0.39 is 69.7 Å². The van der Waals surface area contributed by atoms with Gasteiger partial charge in [-0.1, -0.05) is 50.2 Å². The largest absolute Gasteiger partial charge is 0.456 e. The van der Waals surface area contributed by atoms with E-state index in [4.69, 9.17) is 9.47 Å². The minimum Gasteiger partial charge on any atom is -0.456 e. The quantitative estimate of drug-likeness (QED) is 0.248. The van der Waals surface area contributed by atoms with E-state index in [9.17, 15) is 34.8 Å². The molecule has 0 aromatic heterocycles. The minimum atomic E-state index is -1.62. The van der Waals surface area contributed by atoms with Gasteiger partial charge >= 0.3 is 11.9 Å². The average molecular weight is 689 g/mol. The summed E-state index contributed by atoms with van der Waals surface area (Å²) < 4.78 is 12.0. The number of benzene rings is 2. The summed E-state index contributed by atoms with van der Waals surface area (Å²) in [5.41, 5.74) is -4.06. The number of ketones is 1. The first kappa shape index (κ1) is 36.4. The Hall–Kier alpha value is -3.37. The monoisotopic (exact) mass is 688 g/mol. The second kappa shape index (κ2) is 13.0. The maximum absolute atomic E-state index is 13.6. The van der Waals surface area contributed by atoms with Crippen molar-refractivity contribution >= 4 is 17.7 Å². The standard InChI is InChI=1S/C41H52O9/c1-37(2,50-36(46)26-14-10-7-11-15-26)19-18-34(49-35(45)25-12-8-6-9-13-25)40(5,47)33-17-21-41(48)28-22-30(42)29-23-31(43)32(44)24-38(29,3)27(28)16-20-39(33,41)4/h6-15,22,27,29,31-34,43-44,47-48H,16-21,23-24H2,1-5H3. The van der Waals surface area contributed by atoms with Crippen molar-refractivity contribution in [1.29, 1.82) is 0 Å². The number of hydrogen-bond acceptors (Lipinski definition) is 9. The SMILES string of the molecule is CC(C)(CCC(OC(=O)c1ccccc1)C(C)(O)C1CCC2(O)C3=CC(=O)C4CC(O)C(O)CC4(C)C3CCC12C)OC(=O)c1ccccc1. The van der Waals surface area contributed by atoms with E-state index in [0.717, 1.165) is 0 Å². The van der Waals surface area contributed by atoms with Crippen LogP contribution in [0.2, 0.25) is 0 Å². The number of carbonyl (C=O) groups is 3. The lowest BCUT2D eigenvalue weighted by Crippen LogP contribution is -2.63. The number of rotatable bonds is 9. The smallest absolute Gasteiger partial charge is 0.338 e. The van der Waals surface area contributed by atoms with Gasteiger partial charge < -0.3 is 29.9 Å². The molecule has 3 saturated carbocycles. The Bertz CT molecular complexity index is 1630. The summed E-state index contributed by atoms with van der Waals surface area (Å²) in [5.74, 6) is -2.33. The Balaban J connectivity index is 1.29. The van der Waals surface area contributed by atoms with Crippen LogP contribution in [0.25, 0.3) is 0 Å². The van der Waals surface area contributed by atoms with E-state index in [1.807, 2.05) is 19.9 Å². The summed E-state index contributed by atoms with van der Waals surface area (Å²) >= 11 is 0. The van der Waals surface area contributed by atoms with E-state index in [2.05, 4.69) is 0 Å². The van der Waals surface area contributed by atoms with Gasteiger partial charge in [0.15, 0.2) is 5.78 Å². The zero-order valence-corrected chi connectivity index (χ0v) is 29.8. The molecule has 50 heavy (non-hydrogen) atoms. The lowest BCUT2D eigenvalue weighted by Gasteiger charge is -2.60. The van der Waals surface area contributed by atoms with Gasteiger partial charge in [0.25, 0.3) is 0 Å². The van der Waals surface area contributed by atoms with Gasteiger partial charge in [-0.25, -0.2) is 9.59 Å². The van der Waals surface area contributed by atoms with Gasteiger partial charge in [0, 0.05) is 11.3 Å². The maximum atomic E-state index is 13.6. The molecule has 0 saturated heterocycles. The molecule has 9 nitrogen and oxygen atoms in total. The van der Waals surface area contributed by atoms with Crippen molar-refractivity contribution in [3.8, 4) is 0 Å². The highest BCUT2D eigenvalue weighted by Crippen LogP contribution is 2.68. The maximum Gasteiger partial charge on any atom is 0.338 e. The lowest BCUT2D eigenvalue weighted by molar-refractivity contribution is -0.177. The first-order valence-electron chi connectivity index (χ1n) is 18.0. The van der Waals surface area contributed by atoms with Gasteiger partial charge in [-0.05, 0) is 125 Å². The molecule has 9 heteroatoms. The van der Waals surface area contributed by atoms with Crippen LogP contribution in [0.1, 0.15) is 107 Å². The van der Waals surface area contributed by atoms with E-state index in [1.54, 1.807) is 81.4 Å². The Labute approximate surface area is 294 Å². The predicted octanol–water partition coefficient (Wildman–Crippen LogP) is 5.58. The zero-order valence-electron chi connectivity index (χ0n) is 29.8. The molecule has 0 aliphatic heterocycles. The van der Waals surface area contributed by atoms with Crippen LogP contribution in [0, 0.1) is 28.6 Å². The highest BCUT2D eigenvalue weighted by molar-refractivity contribution is 5.95. The summed E-state index contributed by atoms with van der Waals surface area (Å²) in [6.45, 7) is 9.22. The van der Waals surface area contributed by atoms with E-state index in [-0.39, 0.29) is 37.4 Å². The van der Waals surface area contributed by atoms with Gasteiger partial charge in [0.05, 0.1) is 28.9 Å². The van der Waals surface area contributed by atoms with E-state index in [0.29, 0.717) is 42.4 Å². The van der Waals surface area contributed by atoms with Crippen LogP contribution >= 0.6 is 0 Å². The molecule has 270 valence electrons. The van der Waals surface area contributed by atoms with Crippen molar-refractivity contribution in [2.45, 2.75) is 121 Å². The number of fused-ring (bicyclic) bond motifs is 5. The number of aliphatic hydroxyl groups is 4. The topological polar surface area (TPSA) is 151 Å². The minimum absolute atomic E-state index is 0.139. The van der Waals surface area contributed by atoms with Crippen molar-refractivity contribution in [2.24, 2.45) is 28.6 Å². The van der Waals surface area contributed by atoms with Crippen LogP contribution in [0.15, 0.2) is 72.3 Å². The fourth-order valence-corrected chi connectivity index (χ4v) is 10.2. The van der Waals surface area contributed by atoms with Gasteiger partial charge in [0.1, 0.15) is 17.3 Å². The second-order valence-corrected chi connectivity index (χ2v) is 16.6. The summed E-state index contributed by atoms with van der Waals surface area (Å²) in [7, 11) is 0. The molecule has 0 bridgehead atoms. The molecule has 0 amide bonds. The average Bonchev–Trinajstić information content (AvgIpc) is 3.36. The molecular formula is C41H52O9. The molecule has 4 N–H and O–H groups in total. The Morgan fingerprint density at radius 2 is 1.48 bits per heavy atom. The van der Waals surface area contributed by atoms with Crippen molar-refractivity contribution in [3.05, 3.63) is 83.4 Å². The molecule has 4 aliphatic carbocycles. The molecule has 4 aliphatic rings. The van der Waals surface area contributed by atoms with Crippen LogP contribution in [0.3, 0.4) is 0 Å². The Morgan fingerprint density at radius 1 is 0.880 bits per heavy atom. The van der Waals surface area contributed by atoms with Gasteiger partial charge in [-0.3, -0.25) is 4.79 Å². The third kappa shape index (κ3) is 6.14. The molecule has 0 heterocycles. The molecule has 10 unspecified atom stereocenters. The first-order valence-corrected chi connectivity index (χ1v) is 18.0. The van der Waals surface area contributed by atoms with Crippen molar-refractivity contribution < 1.29 is 44.3 Å².